The van der Waals surface area contributed by atoms with Crippen molar-refractivity contribution in [2.24, 2.45) is 5.92 Å². The molecule has 1 aliphatic rings. The molecule has 0 spiro atoms. The van der Waals surface area contributed by atoms with Crippen LogP contribution in [0.25, 0.3) is 22.6 Å². The molecule has 0 saturated heterocycles. The monoisotopic (exact) mass is 489 g/mol. The van der Waals surface area contributed by atoms with E-state index in [1.54, 1.807) is 0 Å². The Morgan fingerprint density at radius 1 is 1.14 bits per heavy atom. The first kappa shape index (κ1) is 23.3. The van der Waals surface area contributed by atoms with E-state index in [0.29, 0.717) is 40.3 Å². The maximum absolute atomic E-state index is 11.9. The van der Waals surface area contributed by atoms with Crippen LogP contribution < -0.4 is 5.32 Å². The second-order valence-electron chi connectivity index (χ2n) is 9.37. The van der Waals surface area contributed by atoms with Crippen molar-refractivity contribution >= 4 is 34.6 Å². The zero-order valence-electron chi connectivity index (χ0n) is 19.8. The van der Waals surface area contributed by atoms with Crippen LogP contribution in [0.5, 0.6) is 0 Å². The molecule has 0 radical (unpaired) electrons. The number of carboxylic acid groups (broad SMARTS) is 1. The van der Waals surface area contributed by atoms with Gasteiger partial charge in [0.05, 0.1) is 0 Å². The van der Waals surface area contributed by atoms with Gasteiger partial charge in [-0.3, -0.25) is 0 Å². The van der Waals surface area contributed by atoms with Crippen molar-refractivity contribution in [1.82, 2.24) is 19.5 Å². The lowest BCUT2D eigenvalue weighted by Gasteiger charge is -2.22. The van der Waals surface area contributed by atoms with Crippen LogP contribution in [0.3, 0.4) is 0 Å². The third-order valence-electron chi connectivity index (χ3n) is 6.80. The van der Waals surface area contributed by atoms with Crippen LogP contribution >= 0.6 is 11.6 Å². The molecule has 2 aromatic heterocycles. The molecule has 1 atom stereocenters. The molecule has 0 amide bonds. The lowest BCUT2D eigenvalue weighted by atomic mass is 10.00. The van der Waals surface area contributed by atoms with E-state index in [-0.39, 0.29) is 11.9 Å². The van der Waals surface area contributed by atoms with Gasteiger partial charge in [0.2, 0.25) is 5.82 Å². The Kier molecular flexibility index (Phi) is 6.43. The van der Waals surface area contributed by atoms with Gasteiger partial charge in [0, 0.05) is 23.2 Å². The first-order valence-electron chi connectivity index (χ1n) is 12.0. The van der Waals surface area contributed by atoms with Gasteiger partial charge in [-0.05, 0) is 56.4 Å². The van der Waals surface area contributed by atoms with Crippen LogP contribution in [-0.2, 0) is 6.54 Å². The minimum Gasteiger partial charge on any atom is -0.475 e. The average Bonchev–Trinajstić information content (AvgIpc) is 3.49. The van der Waals surface area contributed by atoms with E-state index in [4.69, 9.17) is 16.6 Å². The number of aromatic carboxylic acids is 1. The summed E-state index contributed by atoms with van der Waals surface area (Å²) < 4.78 is 2.07. The summed E-state index contributed by atoms with van der Waals surface area (Å²) in [6.45, 7) is 4.69. The number of rotatable bonds is 7. The Labute approximate surface area is 209 Å². The van der Waals surface area contributed by atoms with E-state index in [9.17, 15) is 9.90 Å². The van der Waals surface area contributed by atoms with Gasteiger partial charge < -0.3 is 15.0 Å². The summed E-state index contributed by atoms with van der Waals surface area (Å²) in [5.74, 6) is 0.315. The lowest BCUT2D eigenvalue weighted by molar-refractivity contribution is 0.0684. The molecule has 0 aliphatic heterocycles. The van der Waals surface area contributed by atoms with Gasteiger partial charge in [0.25, 0.3) is 0 Å². The molecule has 1 saturated carbocycles. The summed E-state index contributed by atoms with van der Waals surface area (Å²) in [7, 11) is 0. The van der Waals surface area contributed by atoms with Crippen molar-refractivity contribution in [3.05, 3.63) is 70.5 Å². The third-order valence-corrected chi connectivity index (χ3v) is 7.05. The standard InChI is InChI=1S/C27H28ClN5O2/c1-16-6-5-9-20(14-16)26-32-24-22(33(26)15-18-10-12-21(28)13-11-18)23(30-25(31-24)27(34)35)29-17(2)19-7-3-4-8-19/h5-6,9-14,17,19H,3-4,7-8,15H2,1-2H3,(H,34,35)(H,29,30,31). The summed E-state index contributed by atoms with van der Waals surface area (Å²) in [5, 5.41) is 13.9. The van der Waals surface area contributed by atoms with Gasteiger partial charge in [0.15, 0.2) is 11.5 Å². The molecule has 7 nitrogen and oxygen atoms in total. The lowest BCUT2D eigenvalue weighted by Crippen LogP contribution is -2.25. The van der Waals surface area contributed by atoms with E-state index >= 15 is 0 Å². The fourth-order valence-corrected chi connectivity index (χ4v) is 5.08. The second kappa shape index (κ2) is 9.66. The summed E-state index contributed by atoms with van der Waals surface area (Å²) in [6, 6.07) is 15.9. The maximum atomic E-state index is 11.9. The largest absolute Gasteiger partial charge is 0.475 e. The molecule has 1 fully saturated rings. The Hall–Kier alpha value is -3.45. The van der Waals surface area contributed by atoms with Crippen LogP contribution in [-0.4, -0.2) is 36.6 Å². The first-order chi connectivity index (χ1) is 16.9. The van der Waals surface area contributed by atoms with Crippen LogP contribution in [0.1, 0.15) is 54.4 Å². The van der Waals surface area contributed by atoms with E-state index < -0.39 is 5.97 Å². The number of aryl methyl sites for hydroxylation is 1. The molecule has 1 unspecified atom stereocenters. The highest BCUT2D eigenvalue weighted by molar-refractivity contribution is 6.30. The topological polar surface area (TPSA) is 92.9 Å². The number of nitrogens with zero attached hydrogens (tertiary/aromatic N) is 4. The molecule has 8 heteroatoms. The Balaban J connectivity index is 1.70. The number of carboxylic acids is 1. The number of halogens is 1. The number of aromatic nitrogens is 4. The number of anilines is 1. The molecule has 180 valence electrons. The molecule has 35 heavy (non-hydrogen) atoms. The molecule has 4 aromatic rings. The van der Waals surface area contributed by atoms with Crippen LogP contribution in [0.4, 0.5) is 5.82 Å². The highest BCUT2D eigenvalue weighted by atomic mass is 35.5. The molecule has 2 aromatic carbocycles. The fraction of sp³-hybridized carbons (Fsp3) is 0.333. The Bertz CT molecular complexity index is 1380. The van der Waals surface area contributed by atoms with Gasteiger partial charge in [0.1, 0.15) is 11.3 Å². The summed E-state index contributed by atoms with van der Waals surface area (Å²) in [5.41, 5.74) is 4.15. The van der Waals surface area contributed by atoms with Crippen molar-refractivity contribution in [2.45, 2.75) is 52.1 Å². The van der Waals surface area contributed by atoms with Gasteiger partial charge in [-0.1, -0.05) is 60.3 Å². The minimum atomic E-state index is -1.17. The number of fused-ring (bicyclic) bond motifs is 1. The fourth-order valence-electron chi connectivity index (χ4n) is 4.95. The number of nitrogens with one attached hydrogen (secondary N) is 1. The minimum absolute atomic E-state index is 0.151. The van der Waals surface area contributed by atoms with Crippen molar-refractivity contribution in [1.29, 1.82) is 0 Å². The summed E-state index contributed by atoms with van der Waals surface area (Å²) in [4.78, 5) is 25.5. The predicted molar refractivity (Wildman–Crippen MR) is 138 cm³/mol. The highest BCUT2D eigenvalue weighted by Crippen LogP contribution is 2.33. The quantitative estimate of drug-likeness (QED) is 0.321. The SMILES string of the molecule is Cc1cccc(-c2nc3nc(C(=O)O)nc(NC(C)C4CCCC4)c3n2Cc2ccc(Cl)cc2)c1. The van der Waals surface area contributed by atoms with Gasteiger partial charge in [-0.2, -0.15) is 0 Å². The normalized spacial score (nSPS) is 14.9. The van der Waals surface area contributed by atoms with Crippen molar-refractivity contribution in [2.75, 3.05) is 5.32 Å². The van der Waals surface area contributed by atoms with Gasteiger partial charge >= 0.3 is 5.97 Å². The van der Waals surface area contributed by atoms with Crippen molar-refractivity contribution in [3.63, 3.8) is 0 Å². The third kappa shape index (κ3) is 4.86. The Morgan fingerprint density at radius 3 is 2.57 bits per heavy atom. The van der Waals surface area contributed by atoms with E-state index in [0.717, 1.165) is 29.5 Å². The molecular weight excluding hydrogens is 462 g/mol. The first-order valence-corrected chi connectivity index (χ1v) is 12.4. The zero-order chi connectivity index (χ0) is 24.5. The molecule has 0 bridgehead atoms. The van der Waals surface area contributed by atoms with Crippen LogP contribution in [0.15, 0.2) is 48.5 Å². The zero-order valence-corrected chi connectivity index (χ0v) is 20.6. The highest BCUT2D eigenvalue weighted by Gasteiger charge is 2.26. The molecular formula is C27H28ClN5O2. The molecule has 2 N–H and O–H groups in total. The van der Waals surface area contributed by atoms with E-state index in [1.165, 1.54) is 12.8 Å². The maximum Gasteiger partial charge on any atom is 0.374 e. The van der Waals surface area contributed by atoms with Gasteiger partial charge in [-0.25, -0.2) is 19.7 Å². The predicted octanol–water partition coefficient (Wildman–Crippen LogP) is 6.19. The number of hydrogen-bond donors (Lipinski definition) is 2. The van der Waals surface area contributed by atoms with Gasteiger partial charge in [-0.15, -0.1) is 0 Å². The second-order valence-corrected chi connectivity index (χ2v) is 9.80. The number of carbonyl (C=O) groups is 1. The van der Waals surface area contributed by atoms with Crippen molar-refractivity contribution < 1.29 is 9.90 Å². The number of hydrogen-bond acceptors (Lipinski definition) is 5. The molecule has 2 heterocycles. The van der Waals surface area contributed by atoms with Crippen LogP contribution in [0.2, 0.25) is 5.02 Å². The van der Waals surface area contributed by atoms with E-state index in [1.807, 2.05) is 49.4 Å². The summed E-state index contributed by atoms with van der Waals surface area (Å²) >= 11 is 6.12. The van der Waals surface area contributed by atoms with Crippen LogP contribution in [0, 0.1) is 12.8 Å². The number of imidazole rings is 1. The molecule has 5 rings (SSSR count). The summed E-state index contributed by atoms with van der Waals surface area (Å²) in [6.07, 6.45) is 4.77. The smallest absolute Gasteiger partial charge is 0.374 e. The van der Waals surface area contributed by atoms with Crippen molar-refractivity contribution in [3.8, 4) is 11.4 Å². The molecule has 1 aliphatic carbocycles. The Morgan fingerprint density at radius 2 is 1.89 bits per heavy atom. The number of benzene rings is 2. The van der Waals surface area contributed by atoms with E-state index in [2.05, 4.69) is 32.8 Å². The average molecular weight is 490 g/mol.